The first kappa shape index (κ1) is 18.2. The molecule has 148 valence electrons. The molecule has 1 aliphatic heterocycles. The first-order valence-electron chi connectivity index (χ1n) is 10.1. The van der Waals surface area contributed by atoms with Gasteiger partial charge >= 0.3 is 0 Å². The van der Waals surface area contributed by atoms with Crippen LogP contribution in [0.4, 0.5) is 17.5 Å². The van der Waals surface area contributed by atoms with Crippen LogP contribution in [0.2, 0.25) is 0 Å². The van der Waals surface area contributed by atoms with E-state index in [1.165, 1.54) is 11.1 Å². The van der Waals surface area contributed by atoms with E-state index in [0.29, 0.717) is 0 Å². The third-order valence-electron chi connectivity index (χ3n) is 5.16. The fraction of sp³-hybridized carbons (Fsp3) is 0.120. The molecular weight excluding hydrogens is 372 g/mol. The van der Waals surface area contributed by atoms with Gasteiger partial charge in [-0.3, -0.25) is 0 Å². The zero-order chi connectivity index (χ0) is 20.2. The summed E-state index contributed by atoms with van der Waals surface area (Å²) in [6.07, 6.45) is 2.82. The van der Waals surface area contributed by atoms with Gasteiger partial charge in [-0.2, -0.15) is 4.98 Å². The van der Waals surface area contributed by atoms with Crippen molar-refractivity contribution in [3.05, 3.63) is 102 Å². The lowest BCUT2D eigenvalue weighted by Crippen LogP contribution is -2.31. The molecule has 0 saturated heterocycles. The highest BCUT2D eigenvalue weighted by molar-refractivity contribution is 5.58. The minimum absolute atomic E-state index is 0.749. The minimum atomic E-state index is 0.749. The molecule has 30 heavy (non-hydrogen) atoms. The Labute approximate surface area is 176 Å². The van der Waals surface area contributed by atoms with Crippen molar-refractivity contribution in [3.63, 3.8) is 0 Å². The maximum absolute atomic E-state index is 5.85. The Bertz CT molecular complexity index is 1130. The molecule has 4 aromatic rings. The number of anilines is 3. The smallest absolute Gasteiger partial charge is 0.227 e. The van der Waals surface area contributed by atoms with Crippen LogP contribution in [0.25, 0.3) is 0 Å². The van der Waals surface area contributed by atoms with Gasteiger partial charge in [0.15, 0.2) is 0 Å². The Balaban J connectivity index is 1.27. The predicted molar refractivity (Wildman–Crippen MR) is 119 cm³/mol. The molecule has 1 aliphatic rings. The summed E-state index contributed by atoms with van der Waals surface area (Å²) in [4.78, 5) is 11.4. The largest absolute Gasteiger partial charge is 0.457 e. The number of hydrogen-bond acceptors (Lipinski definition) is 5. The van der Waals surface area contributed by atoms with Crippen LogP contribution in [0.5, 0.6) is 11.5 Å². The molecule has 5 nitrogen and oxygen atoms in total. The van der Waals surface area contributed by atoms with Crippen molar-refractivity contribution < 1.29 is 4.74 Å². The van der Waals surface area contributed by atoms with E-state index in [9.17, 15) is 0 Å². The number of para-hydroxylation sites is 1. The van der Waals surface area contributed by atoms with Crippen LogP contribution in [0.1, 0.15) is 11.1 Å². The molecule has 1 N–H and O–H groups in total. The van der Waals surface area contributed by atoms with Crippen molar-refractivity contribution in [1.82, 2.24) is 9.97 Å². The van der Waals surface area contributed by atoms with E-state index < -0.39 is 0 Å². The summed E-state index contributed by atoms with van der Waals surface area (Å²) in [5.41, 5.74) is 3.71. The Kier molecular flexibility index (Phi) is 5.00. The van der Waals surface area contributed by atoms with Crippen molar-refractivity contribution in [2.24, 2.45) is 0 Å². The van der Waals surface area contributed by atoms with Crippen LogP contribution in [0.3, 0.4) is 0 Å². The Hall–Kier alpha value is -3.86. The fourth-order valence-electron chi connectivity index (χ4n) is 3.62. The zero-order valence-corrected chi connectivity index (χ0v) is 16.5. The number of nitrogens with zero attached hydrogens (tertiary/aromatic N) is 3. The number of nitrogens with one attached hydrogen (secondary N) is 1. The van der Waals surface area contributed by atoms with Crippen LogP contribution in [0.15, 0.2) is 91.1 Å². The van der Waals surface area contributed by atoms with E-state index in [1.807, 2.05) is 60.7 Å². The molecule has 0 saturated carbocycles. The lowest BCUT2D eigenvalue weighted by molar-refractivity contribution is 0.483. The van der Waals surface area contributed by atoms with Gasteiger partial charge in [-0.15, -0.1) is 0 Å². The number of rotatable bonds is 5. The molecule has 0 amide bonds. The first-order valence-corrected chi connectivity index (χ1v) is 10.1. The maximum atomic E-state index is 5.85. The fourth-order valence-corrected chi connectivity index (χ4v) is 3.62. The van der Waals surface area contributed by atoms with Crippen LogP contribution < -0.4 is 15.0 Å². The Morgan fingerprint density at radius 1 is 0.767 bits per heavy atom. The Morgan fingerprint density at radius 2 is 1.50 bits per heavy atom. The van der Waals surface area contributed by atoms with Crippen molar-refractivity contribution >= 4 is 17.5 Å². The second kappa shape index (κ2) is 8.25. The normalized spacial score (nSPS) is 12.9. The topological polar surface area (TPSA) is 50.3 Å². The average molecular weight is 394 g/mol. The van der Waals surface area contributed by atoms with Gasteiger partial charge in [0, 0.05) is 25.0 Å². The first-order chi connectivity index (χ1) is 14.8. The van der Waals surface area contributed by atoms with E-state index in [4.69, 9.17) is 9.72 Å². The molecule has 1 aromatic heterocycles. The van der Waals surface area contributed by atoms with Crippen molar-refractivity contribution in [1.29, 1.82) is 0 Å². The highest BCUT2D eigenvalue weighted by Gasteiger charge is 2.18. The summed E-state index contributed by atoms with van der Waals surface area (Å²) in [7, 11) is 0. The summed E-state index contributed by atoms with van der Waals surface area (Å²) >= 11 is 0. The molecule has 0 fully saturated rings. The van der Waals surface area contributed by atoms with Gasteiger partial charge < -0.3 is 15.0 Å². The molecule has 0 bridgehead atoms. The van der Waals surface area contributed by atoms with Crippen LogP contribution >= 0.6 is 0 Å². The third kappa shape index (κ3) is 4.10. The van der Waals surface area contributed by atoms with Gasteiger partial charge in [-0.05, 0) is 60.0 Å². The Morgan fingerprint density at radius 3 is 2.33 bits per heavy atom. The number of hydrogen-bond donors (Lipinski definition) is 1. The van der Waals surface area contributed by atoms with Crippen LogP contribution in [0, 0.1) is 0 Å². The van der Waals surface area contributed by atoms with Crippen molar-refractivity contribution in [2.45, 2.75) is 13.0 Å². The summed E-state index contributed by atoms with van der Waals surface area (Å²) in [6, 6.07) is 28.1. The van der Waals surface area contributed by atoms with E-state index in [-0.39, 0.29) is 0 Å². The summed E-state index contributed by atoms with van der Waals surface area (Å²) in [5, 5.41) is 3.36. The second-order valence-electron chi connectivity index (χ2n) is 7.25. The van der Waals surface area contributed by atoms with Gasteiger partial charge in [0.2, 0.25) is 5.95 Å². The third-order valence-corrected chi connectivity index (χ3v) is 5.16. The van der Waals surface area contributed by atoms with Gasteiger partial charge in [-0.25, -0.2) is 4.98 Å². The lowest BCUT2D eigenvalue weighted by Gasteiger charge is -2.28. The SMILES string of the molecule is c1ccc(Oc2ccc(Nc3ccnc(N4CCc5ccccc5C4)n3)cc2)cc1. The predicted octanol–water partition coefficient (Wildman–Crippen LogP) is 5.58. The molecule has 5 heteroatoms. The van der Waals surface area contributed by atoms with Crippen LogP contribution in [-0.2, 0) is 13.0 Å². The van der Waals surface area contributed by atoms with Gasteiger partial charge in [0.05, 0.1) is 0 Å². The van der Waals surface area contributed by atoms with Crippen molar-refractivity contribution in [3.8, 4) is 11.5 Å². The van der Waals surface area contributed by atoms with Crippen molar-refractivity contribution in [2.75, 3.05) is 16.8 Å². The highest BCUT2D eigenvalue weighted by atomic mass is 16.5. The highest BCUT2D eigenvalue weighted by Crippen LogP contribution is 2.25. The molecular formula is C25H22N4O. The number of benzene rings is 3. The van der Waals surface area contributed by atoms with E-state index in [0.717, 1.165) is 48.5 Å². The molecule has 0 unspecified atom stereocenters. The second-order valence-corrected chi connectivity index (χ2v) is 7.25. The summed E-state index contributed by atoms with van der Waals surface area (Å²) in [5.74, 6) is 3.14. The molecule has 0 spiro atoms. The summed E-state index contributed by atoms with van der Waals surface area (Å²) < 4.78 is 5.85. The maximum Gasteiger partial charge on any atom is 0.227 e. The van der Waals surface area contributed by atoms with Gasteiger partial charge in [0.25, 0.3) is 0 Å². The van der Waals surface area contributed by atoms with Crippen LogP contribution in [-0.4, -0.2) is 16.5 Å². The molecule has 5 rings (SSSR count). The number of ether oxygens (including phenoxy) is 1. The van der Waals surface area contributed by atoms with E-state index in [1.54, 1.807) is 6.20 Å². The average Bonchev–Trinajstić information content (AvgIpc) is 2.81. The number of fused-ring (bicyclic) bond motifs is 1. The van der Waals surface area contributed by atoms with Gasteiger partial charge in [-0.1, -0.05) is 42.5 Å². The lowest BCUT2D eigenvalue weighted by atomic mass is 10.0. The molecule has 0 atom stereocenters. The monoisotopic (exact) mass is 394 g/mol. The van der Waals surface area contributed by atoms with Gasteiger partial charge in [0.1, 0.15) is 17.3 Å². The summed E-state index contributed by atoms with van der Waals surface area (Å²) in [6.45, 7) is 1.76. The van der Waals surface area contributed by atoms with E-state index in [2.05, 4.69) is 39.5 Å². The molecule has 2 heterocycles. The quantitative estimate of drug-likeness (QED) is 0.479. The minimum Gasteiger partial charge on any atom is -0.457 e. The molecule has 0 aliphatic carbocycles. The molecule has 3 aromatic carbocycles. The number of aromatic nitrogens is 2. The zero-order valence-electron chi connectivity index (χ0n) is 16.5. The molecule has 0 radical (unpaired) electrons. The van der Waals surface area contributed by atoms with E-state index >= 15 is 0 Å². The standard InChI is InChI=1S/C25H22N4O/c1-2-8-22(9-3-1)30-23-12-10-21(11-13-23)27-24-14-16-26-25(28-24)29-17-15-19-6-4-5-7-20(19)18-29/h1-14,16H,15,17-18H2,(H,26,27,28).